The molecule has 0 aliphatic carbocycles. The van der Waals surface area contributed by atoms with Crippen LogP contribution in [0.2, 0.25) is 0 Å². The Kier molecular flexibility index (Phi) is 6.99. The monoisotopic (exact) mass is 429 g/mol. The van der Waals surface area contributed by atoms with Gasteiger partial charge >= 0.3 is 12.2 Å². The van der Waals surface area contributed by atoms with Crippen molar-refractivity contribution in [2.75, 3.05) is 31.1 Å². The lowest BCUT2D eigenvalue weighted by Crippen LogP contribution is -2.52. The molecule has 31 heavy (non-hydrogen) atoms. The summed E-state index contributed by atoms with van der Waals surface area (Å²) in [5.74, 6) is -0.343. The van der Waals surface area contributed by atoms with Crippen molar-refractivity contribution in [1.82, 2.24) is 10.0 Å². The molecule has 0 atom stereocenters. The van der Waals surface area contributed by atoms with E-state index in [1.54, 1.807) is 32.9 Å². The van der Waals surface area contributed by atoms with Crippen molar-refractivity contribution in [3.8, 4) is 0 Å². The number of halogens is 1. The summed E-state index contributed by atoms with van der Waals surface area (Å²) in [4.78, 5) is 27.6. The molecule has 8 heteroatoms. The lowest BCUT2D eigenvalue weighted by atomic mass is 10.2. The van der Waals surface area contributed by atoms with E-state index in [1.165, 1.54) is 22.2 Å². The van der Waals surface area contributed by atoms with Crippen molar-refractivity contribution >= 4 is 17.9 Å². The SMILES string of the molecule is CC(C)(C)OC(=O)N1CCN(c2cccc(F)c2)CCN1C(=O)OCc1ccccc1. The van der Waals surface area contributed by atoms with E-state index in [4.69, 9.17) is 9.47 Å². The number of ether oxygens (including phenoxy) is 2. The molecule has 1 heterocycles. The fourth-order valence-corrected chi connectivity index (χ4v) is 3.20. The molecule has 2 aromatic carbocycles. The molecule has 0 aromatic heterocycles. The van der Waals surface area contributed by atoms with Crippen LogP contribution in [0.25, 0.3) is 0 Å². The van der Waals surface area contributed by atoms with Crippen LogP contribution in [0, 0.1) is 5.82 Å². The van der Waals surface area contributed by atoms with Gasteiger partial charge in [-0.3, -0.25) is 0 Å². The van der Waals surface area contributed by atoms with Gasteiger partial charge in [0.15, 0.2) is 0 Å². The van der Waals surface area contributed by atoms with Gasteiger partial charge in [0.25, 0.3) is 0 Å². The van der Waals surface area contributed by atoms with Gasteiger partial charge in [0.1, 0.15) is 18.0 Å². The molecular weight excluding hydrogens is 401 g/mol. The molecular formula is C23H28FN3O4. The molecule has 2 amide bonds. The Morgan fingerprint density at radius 3 is 2.16 bits per heavy atom. The average Bonchev–Trinajstić information content (AvgIpc) is 2.95. The topological polar surface area (TPSA) is 62.3 Å². The highest BCUT2D eigenvalue weighted by Crippen LogP contribution is 2.20. The van der Waals surface area contributed by atoms with E-state index in [2.05, 4.69) is 0 Å². The van der Waals surface area contributed by atoms with Gasteiger partial charge in [-0.15, -0.1) is 0 Å². The van der Waals surface area contributed by atoms with Gasteiger partial charge in [-0.25, -0.2) is 24.0 Å². The number of rotatable bonds is 3. The zero-order valence-corrected chi connectivity index (χ0v) is 18.1. The van der Waals surface area contributed by atoms with Gasteiger partial charge in [0.05, 0.1) is 13.1 Å². The van der Waals surface area contributed by atoms with Crippen LogP contribution in [-0.2, 0) is 16.1 Å². The first-order valence-electron chi connectivity index (χ1n) is 10.2. The maximum Gasteiger partial charge on any atom is 0.429 e. The number of amides is 2. The lowest BCUT2D eigenvalue weighted by molar-refractivity contribution is -0.0421. The van der Waals surface area contributed by atoms with Crippen molar-refractivity contribution in [3.63, 3.8) is 0 Å². The Bertz CT molecular complexity index is 901. The van der Waals surface area contributed by atoms with E-state index in [0.29, 0.717) is 18.8 Å². The van der Waals surface area contributed by atoms with Gasteiger partial charge < -0.3 is 14.4 Å². The molecule has 0 unspecified atom stereocenters. The molecule has 1 aliphatic heterocycles. The number of carbonyl (C=O) groups is 2. The fraction of sp³-hybridized carbons (Fsp3) is 0.391. The van der Waals surface area contributed by atoms with E-state index in [0.717, 1.165) is 5.56 Å². The van der Waals surface area contributed by atoms with Crippen LogP contribution in [0.5, 0.6) is 0 Å². The van der Waals surface area contributed by atoms with Crippen LogP contribution < -0.4 is 4.90 Å². The molecule has 3 rings (SSSR count). The number of nitrogens with zero attached hydrogens (tertiary/aromatic N) is 3. The molecule has 0 spiro atoms. The van der Waals surface area contributed by atoms with Crippen LogP contribution in [-0.4, -0.2) is 54.0 Å². The van der Waals surface area contributed by atoms with Crippen molar-refractivity contribution in [2.45, 2.75) is 33.0 Å². The van der Waals surface area contributed by atoms with E-state index in [9.17, 15) is 14.0 Å². The largest absolute Gasteiger partial charge is 0.443 e. The zero-order chi connectivity index (χ0) is 22.4. The minimum atomic E-state index is -0.717. The standard InChI is InChI=1S/C23H28FN3O4/c1-23(2,3)31-22(29)27-15-13-25(20-11-7-10-19(24)16-20)12-14-26(27)21(28)30-17-18-8-5-4-6-9-18/h4-11,16H,12-15,17H2,1-3H3. The van der Waals surface area contributed by atoms with Crippen molar-refractivity contribution in [1.29, 1.82) is 0 Å². The number of hydrogen-bond donors (Lipinski definition) is 0. The third kappa shape index (κ3) is 6.34. The molecule has 0 bridgehead atoms. The molecule has 7 nitrogen and oxygen atoms in total. The van der Waals surface area contributed by atoms with Crippen molar-refractivity contribution in [3.05, 3.63) is 66.0 Å². The second-order valence-corrected chi connectivity index (χ2v) is 8.23. The molecule has 1 fully saturated rings. The van der Waals surface area contributed by atoms with Crippen LogP contribution in [0.3, 0.4) is 0 Å². The first kappa shape index (κ1) is 22.4. The van der Waals surface area contributed by atoms with Gasteiger partial charge in [-0.2, -0.15) is 0 Å². The summed E-state index contributed by atoms with van der Waals surface area (Å²) in [5, 5.41) is 2.52. The smallest absolute Gasteiger partial charge is 0.429 e. The number of hydrogen-bond acceptors (Lipinski definition) is 5. The second kappa shape index (κ2) is 9.68. The minimum absolute atomic E-state index is 0.0892. The first-order valence-corrected chi connectivity index (χ1v) is 10.2. The predicted octanol–water partition coefficient (Wildman–Crippen LogP) is 4.44. The molecule has 0 radical (unpaired) electrons. The van der Waals surface area contributed by atoms with Gasteiger partial charge in [-0.05, 0) is 44.5 Å². The highest BCUT2D eigenvalue weighted by molar-refractivity contribution is 5.74. The maximum absolute atomic E-state index is 13.7. The number of anilines is 1. The summed E-state index contributed by atoms with van der Waals surface area (Å²) in [7, 11) is 0. The van der Waals surface area contributed by atoms with Gasteiger partial charge in [0, 0.05) is 18.8 Å². The molecule has 1 saturated heterocycles. The Morgan fingerprint density at radius 2 is 1.55 bits per heavy atom. The van der Waals surface area contributed by atoms with E-state index in [-0.39, 0.29) is 25.5 Å². The van der Waals surface area contributed by atoms with E-state index in [1.807, 2.05) is 35.2 Å². The average molecular weight is 429 g/mol. The van der Waals surface area contributed by atoms with E-state index < -0.39 is 17.8 Å². The van der Waals surface area contributed by atoms with Crippen molar-refractivity contribution < 1.29 is 23.5 Å². The third-order valence-corrected chi connectivity index (χ3v) is 4.65. The van der Waals surface area contributed by atoms with Crippen LogP contribution >= 0.6 is 0 Å². The summed E-state index contributed by atoms with van der Waals surface area (Å²) in [6.07, 6.45) is -1.28. The molecule has 166 valence electrons. The Morgan fingerprint density at radius 1 is 0.903 bits per heavy atom. The third-order valence-electron chi connectivity index (χ3n) is 4.65. The van der Waals surface area contributed by atoms with Gasteiger partial charge in [-0.1, -0.05) is 36.4 Å². The summed E-state index contributed by atoms with van der Waals surface area (Å²) in [6, 6.07) is 15.5. The van der Waals surface area contributed by atoms with E-state index >= 15 is 0 Å². The van der Waals surface area contributed by atoms with Crippen molar-refractivity contribution in [2.24, 2.45) is 0 Å². The molecule has 0 saturated carbocycles. The summed E-state index contributed by atoms with van der Waals surface area (Å²) in [5.41, 5.74) is 0.810. The molecule has 1 aliphatic rings. The predicted molar refractivity (Wildman–Crippen MR) is 115 cm³/mol. The molecule has 2 aromatic rings. The highest BCUT2D eigenvalue weighted by atomic mass is 19.1. The number of carbonyl (C=O) groups excluding carboxylic acids is 2. The summed E-state index contributed by atoms with van der Waals surface area (Å²) < 4.78 is 24.6. The highest BCUT2D eigenvalue weighted by Gasteiger charge is 2.33. The normalized spacial score (nSPS) is 14.8. The summed E-state index contributed by atoms with van der Waals surface area (Å²) >= 11 is 0. The van der Waals surface area contributed by atoms with Crippen LogP contribution in [0.4, 0.5) is 19.7 Å². The zero-order valence-electron chi connectivity index (χ0n) is 18.1. The number of hydrazine groups is 1. The number of benzene rings is 2. The Balaban J connectivity index is 1.76. The maximum atomic E-state index is 13.7. The quantitative estimate of drug-likeness (QED) is 0.722. The van der Waals surface area contributed by atoms with Crippen LogP contribution in [0.1, 0.15) is 26.3 Å². The van der Waals surface area contributed by atoms with Gasteiger partial charge in [0.2, 0.25) is 0 Å². The Labute approximate surface area is 181 Å². The molecule has 0 N–H and O–H groups in total. The fourth-order valence-electron chi connectivity index (χ4n) is 3.20. The summed E-state index contributed by atoms with van der Waals surface area (Å²) in [6.45, 7) is 6.56. The Hall–Kier alpha value is -3.29. The lowest BCUT2D eigenvalue weighted by Gasteiger charge is -2.33. The van der Waals surface area contributed by atoms with Crippen LogP contribution in [0.15, 0.2) is 54.6 Å². The first-order chi connectivity index (χ1) is 14.7. The minimum Gasteiger partial charge on any atom is -0.443 e. The second-order valence-electron chi connectivity index (χ2n) is 8.23.